The number of pyridine rings is 1. The Balaban J connectivity index is 1.47. The van der Waals surface area contributed by atoms with Gasteiger partial charge in [0.05, 0.1) is 6.20 Å². The monoisotopic (exact) mass is 407 g/mol. The quantitative estimate of drug-likeness (QED) is 0.587. The first-order chi connectivity index (χ1) is 14.5. The van der Waals surface area contributed by atoms with Crippen molar-refractivity contribution >= 4 is 16.6 Å². The summed E-state index contributed by atoms with van der Waals surface area (Å²) >= 11 is 0. The molecule has 1 aliphatic rings. The molecule has 1 aliphatic heterocycles. The molecule has 4 rings (SSSR count). The Morgan fingerprint density at radius 2 is 1.97 bits per heavy atom. The van der Waals surface area contributed by atoms with E-state index in [9.17, 15) is 0 Å². The van der Waals surface area contributed by atoms with Crippen molar-refractivity contribution in [3.8, 4) is 11.1 Å². The largest absolute Gasteiger partial charge is 0.341 e. The zero-order valence-electron chi connectivity index (χ0n) is 17.9. The van der Waals surface area contributed by atoms with E-state index in [4.69, 9.17) is 0 Å². The van der Waals surface area contributed by atoms with Crippen LogP contribution in [0.2, 0.25) is 0 Å². The minimum absolute atomic E-state index is 0.410. The van der Waals surface area contributed by atoms with Crippen molar-refractivity contribution < 1.29 is 4.39 Å². The average Bonchev–Trinajstić information content (AvgIpc) is 3.19. The maximum absolute atomic E-state index is 15.5. The van der Waals surface area contributed by atoms with E-state index in [1.54, 1.807) is 4.68 Å². The van der Waals surface area contributed by atoms with Gasteiger partial charge in [-0.25, -0.2) is 9.37 Å². The number of alkyl halides is 1. The zero-order valence-corrected chi connectivity index (χ0v) is 17.9. The van der Waals surface area contributed by atoms with Crippen molar-refractivity contribution in [1.82, 2.24) is 19.7 Å². The topological polar surface area (TPSA) is 46.0 Å². The summed E-state index contributed by atoms with van der Waals surface area (Å²) in [5.74, 6) is 0.626. The lowest BCUT2D eigenvalue weighted by Crippen LogP contribution is -2.44. The maximum Gasteiger partial charge on any atom is 0.152 e. The number of hydrogen-bond donors (Lipinski definition) is 1. The maximum atomic E-state index is 15.5. The number of anilines is 1. The van der Waals surface area contributed by atoms with E-state index in [0.29, 0.717) is 24.4 Å². The van der Waals surface area contributed by atoms with Crippen molar-refractivity contribution in [2.45, 2.75) is 38.3 Å². The smallest absolute Gasteiger partial charge is 0.152 e. The van der Waals surface area contributed by atoms with E-state index in [1.165, 1.54) is 12.8 Å². The number of allylic oxidation sites excluding steroid dienone is 1. The van der Waals surface area contributed by atoms with Crippen molar-refractivity contribution in [3.63, 3.8) is 0 Å². The number of hydrogen-bond acceptors (Lipinski definition) is 4. The molecule has 1 N–H and O–H groups in total. The van der Waals surface area contributed by atoms with E-state index < -0.39 is 5.67 Å². The molecule has 2 aromatic heterocycles. The molecular weight excluding hydrogens is 377 g/mol. The summed E-state index contributed by atoms with van der Waals surface area (Å²) < 4.78 is 17.3. The molecule has 3 aromatic rings. The molecule has 0 spiro atoms. The summed E-state index contributed by atoms with van der Waals surface area (Å²) in [5, 5.41) is 9.48. The Hall–Kier alpha value is -2.73. The van der Waals surface area contributed by atoms with Gasteiger partial charge in [0.15, 0.2) is 5.67 Å². The van der Waals surface area contributed by atoms with Gasteiger partial charge in [-0.2, -0.15) is 5.10 Å². The van der Waals surface area contributed by atoms with Gasteiger partial charge >= 0.3 is 0 Å². The van der Waals surface area contributed by atoms with Crippen LogP contribution in [0, 0.1) is 0 Å². The van der Waals surface area contributed by atoms with Crippen LogP contribution in [0.4, 0.5) is 10.2 Å². The molecule has 0 aliphatic carbocycles. The standard InChI is InChI=1S/C24H30FN5/c1-4-5-10-30-11-8-24(25,9-12-30)18(2)28-23-14-21-13-19(6-7-20(21)15-26-23)22-16-27-29(3)17-22/h6-7,13-17H,2,4-5,8-12H2,1,3H3,(H,26,28). The molecule has 1 aromatic carbocycles. The highest BCUT2D eigenvalue weighted by Gasteiger charge is 2.37. The zero-order chi connectivity index (χ0) is 21.1. The van der Waals surface area contributed by atoms with Crippen molar-refractivity contribution in [2.24, 2.45) is 7.05 Å². The summed E-state index contributed by atoms with van der Waals surface area (Å²) in [5.41, 5.74) is 1.17. The van der Waals surface area contributed by atoms with E-state index in [1.807, 2.05) is 37.8 Å². The molecule has 0 amide bonds. The number of benzene rings is 1. The third kappa shape index (κ3) is 4.38. The fourth-order valence-corrected chi connectivity index (χ4v) is 4.04. The minimum atomic E-state index is -1.39. The first kappa shape index (κ1) is 20.5. The van der Waals surface area contributed by atoms with Crippen LogP contribution in [0.25, 0.3) is 21.9 Å². The molecule has 0 unspecified atom stereocenters. The molecule has 0 bridgehead atoms. The average molecular weight is 408 g/mol. The molecule has 0 saturated carbocycles. The van der Waals surface area contributed by atoms with Crippen LogP contribution >= 0.6 is 0 Å². The molecule has 0 atom stereocenters. The third-order valence-corrected chi connectivity index (χ3v) is 6.06. The van der Waals surface area contributed by atoms with Gasteiger partial charge in [0.1, 0.15) is 5.82 Å². The van der Waals surface area contributed by atoms with Crippen molar-refractivity contribution in [2.75, 3.05) is 25.0 Å². The molecule has 6 heteroatoms. The van der Waals surface area contributed by atoms with Crippen LogP contribution < -0.4 is 5.32 Å². The van der Waals surface area contributed by atoms with Crippen LogP contribution in [0.3, 0.4) is 0 Å². The number of halogens is 1. The Labute approximate surface area is 177 Å². The fraction of sp³-hybridized carbons (Fsp3) is 0.417. The van der Waals surface area contributed by atoms with Crippen LogP contribution in [0.1, 0.15) is 32.6 Å². The minimum Gasteiger partial charge on any atom is -0.341 e. The van der Waals surface area contributed by atoms with E-state index in [0.717, 1.165) is 41.5 Å². The molecule has 0 radical (unpaired) electrons. The van der Waals surface area contributed by atoms with Crippen LogP contribution in [-0.4, -0.2) is 45.0 Å². The van der Waals surface area contributed by atoms with Gasteiger partial charge in [0, 0.05) is 49.2 Å². The number of fused-ring (bicyclic) bond motifs is 1. The molecule has 1 fully saturated rings. The second-order valence-electron chi connectivity index (χ2n) is 8.30. The Kier molecular flexibility index (Phi) is 5.86. The van der Waals surface area contributed by atoms with Gasteiger partial charge in [-0.1, -0.05) is 32.1 Å². The number of unbranched alkanes of at least 4 members (excludes halogenated alkanes) is 1. The van der Waals surface area contributed by atoms with Crippen LogP contribution in [0.15, 0.2) is 55.1 Å². The summed E-state index contributed by atoms with van der Waals surface area (Å²) in [6.45, 7) is 8.81. The second kappa shape index (κ2) is 8.56. The normalized spacial score (nSPS) is 16.6. The number of aryl methyl sites for hydroxylation is 1. The van der Waals surface area contributed by atoms with Gasteiger partial charge in [-0.05, 0) is 48.9 Å². The molecule has 158 valence electrons. The van der Waals surface area contributed by atoms with E-state index in [-0.39, 0.29) is 0 Å². The Morgan fingerprint density at radius 3 is 2.67 bits per heavy atom. The first-order valence-corrected chi connectivity index (χ1v) is 10.7. The molecule has 3 heterocycles. The molecule has 1 saturated heterocycles. The number of nitrogens with one attached hydrogen (secondary N) is 1. The molecular formula is C24H30FN5. The van der Waals surface area contributed by atoms with E-state index in [2.05, 4.69) is 45.9 Å². The molecule has 5 nitrogen and oxygen atoms in total. The lowest BCUT2D eigenvalue weighted by atomic mass is 9.90. The van der Waals surface area contributed by atoms with E-state index >= 15 is 4.39 Å². The number of aromatic nitrogens is 3. The highest BCUT2D eigenvalue weighted by molar-refractivity contribution is 5.88. The highest BCUT2D eigenvalue weighted by atomic mass is 19.1. The third-order valence-electron chi connectivity index (χ3n) is 6.06. The van der Waals surface area contributed by atoms with Gasteiger partial charge < -0.3 is 10.2 Å². The van der Waals surface area contributed by atoms with Gasteiger partial charge in [-0.3, -0.25) is 4.68 Å². The predicted molar refractivity (Wildman–Crippen MR) is 121 cm³/mol. The molecule has 30 heavy (non-hydrogen) atoms. The predicted octanol–water partition coefficient (Wildman–Crippen LogP) is 5.17. The summed E-state index contributed by atoms with van der Waals surface area (Å²) in [6.07, 6.45) is 8.94. The van der Waals surface area contributed by atoms with Gasteiger partial charge in [-0.15, -0.1) is 0 Å². The summed E-state index contributed by atoms with van der Waals surface area (Å²) in [4.78, 5) is 6.82. The lowest BCUT2D eigenvalue weighted by Gasteiger charge is -2.37. The number of nitrogens with zero attached hydrogens (tertiary/aromatic N) is 4. The van der Waals surface area contributed by atoms with Gasteiger partial charge in [0.25, 0.3) is 0 Å². The highest BCUT2D eigenvalue weighted by Crippen LogP contribution is 2.34. The number of likely N-dealkylation sites (tertiary alicyclic amines) is 1. The fourth-order valence-electron chi connectivity index (χ4n) is 4.04. The van der Waals surface area contributed by atoms with Gasteiger partial charge in [0.2, 0.25) is 0 Å². The second-order valence-corrected chi connectivity index (χ2v) is 8.30. The van der Waals surface area contributed by atoms with Crippen molar-refractivity contribution in [1.29, 1.82) is 0 Å². The summed E-state index contributed by atoms with van der Waals surface area (Å²) in [7, 11) is 1.91. The van der Waals surface area contributed by atoms with Crippen LogP contribution in [0.5, 0.6) is 0 Å². The number of rotatable bonds is 7. The first-order valence-electron chi connectivity index (χ1n) is 10.7. The Morgan fingerprint density at radius 1 is 1.17 bits per heavy atom. The number of piperidine rings is 1. The lowest BCUT2D eigenvalue weighted by molar-refractivity contribution is 0.0883. The van der Waals surface area contributed by atoms with Crippen LogP contribution in [-0.2, 0) is 7.05 Å². The SMILES string of the molecule is C=C(Nc1cc2cc(-c3cnn(C)c3)ccc2cn1)C1(F)CCN(CCCC)CC1. The Bertz CT molecular complexity index is 1030. The van der Waals surface area contributed by atoms with Crippen molar-refractivity contribution in [3.05, 3.63) is 55.1 Å². The summed E-state index contributed by atoms with van der Waals surface area (Å²) in [6, 6.07) is 8.18.